The Kier molecular flexibility index (Phi) is 5.69. The van der Waals surface area contributed by atoms with Crippen LogP contribution in [0.3, 0.4) is 0 Å². The van der Waals surface area contributed by atoms with Gasteiger partial charge >= 0.3 is 0 Å². The van der Waals surface area contributed by atoms with Crippen molar-refractivity contribution in [3.63, 3.8) is 0 Å². The highest BCUT2D eigenvalue weighted by atomic mass is 16.3. The molecule has 0 unspecified atom stereocenters. The first-order valence-electron chi connectivity index (χ1n) is 6.69. The first-order valence-corrected chi connectivity index (χ1v) is 6.69. The van der Waals surface area contributed by atoms with Crippen LogP contribution in [0.15, 0.2) is 18.2 Å². The van der Waals surface area contributed by atoms with Crippen LogP contribution < -0.4 is 5.32 Å². The van der Waals surface area contributed by atoms with Gasteiger partial charge in [-0.1, -0.05) is 32.8 Å². The number of aromatic hydroxyl groups is 1. The molecule has 0 atom stereocenters. The lowest BCUT2D eigenvalue weighted by Gasteiger charge is -2.15. The van der Waals surface area contributed by atoms with Crippen molar-refractivity contribution < 1.29 is 9.90 Å². The minimum Gasteiger partial charge on any atom is -0.508 e. The van der Waals surface area contributed by atoms with E-state index in [0.717, 1.165) is 31.2 Å². The molecule has 18 heavy (non-hydrogen) atoms. The average Bonchev–Trinajstić information content (AvgIpc) is 2.33. The Morgan fingerprint density at radius 1 is 1.28 bits per heavy atom. The Labute approximate surface area is 109 Å². The van der Waals surface area contributed by atoms with E-state index in [4.69, 9.17) is 0 Å². The molecule has 0 spiro atoms. The number of phenolic OH excluding ortho intramolecular Hbond substituents is 1. The normalized spacial score (nSPS) is 10.7. The molecular formula is C15H23NO2. The number of amides is 1. The van der Waals surface area contributed by atoms with Crippen molar-refractivity contribution in [2.24, 2.45) is 5.92 Å². The summed E-state index contributed by atoms with van der Waals surface area (Å²) in [6.07, 6.45) is 3.85. The standard InChI is InChI=1S/C15H23NO2/c1-4-6-12(7-5-2)15(18)16-13-9-8-11(3)14(17)10-13/h8-10,12,17H,4-7H2,1-3H3,(H,16,18). The fourth-order valence-electron chi connectivity index (χ4n) is 2.03. The summed E-state index contributed by atoms with van der Waals surface area (Å²) in [6.45, 7) is 6.01. The number of carbonyl (C=O) groups excluding carboxylic acids is 1. The Hall–Kier alpha value is -1.51. The smallest absolute Gasteiger partial charge is 0.227 e. The maximum atomic E-state index is 12.1. The van der Waals surface area contributed by atoms with Crippen LogP contribution in [-0.2, 0) is 4.79 Å². The van der Waals surface area contributed by atoms with Gasteiger partial charge in [0, 0.05) is 17.7 Å². The number of carbonyl (C=O) groups is 1. The van der Waals surface area contributed by atoms with E-state index in [1.54, 1.807) is 12.1 Å². The molecule has 0 heterocycles. The number of aryl methyl sites for hydroxylation is 1. The number of hydrogen-bond acceptors (Lipinski definition) is 2. The van der Waals surface area contributed by atoms with Gasteiger partial charge in [-0.15, -0.1) is 0 Å². The molecule has 3 nitrogen and oxygen atoms in total. The van der Waals surface area contributed by atoms with Crippen LogP contribution in [0.25, 0.3) is 0 Å². The van der Waals surface area contributed by atoms with Crippen LogP contribution in [0.5, 0.6) is 5.75 Å². The molecule has 0 fully saturated rings. The van der Waals surface area contributed by atoms with Gasteiger partial charge in [0.1, 0.15) is 5.75 Å². The van der Waals surface area contributed by atoms with Gasteiger partial charge in [-0.3, -0.25) is 4.79 Å². The number of benzene rings is 1. The minimum atomic E-state index is 0.0574. The Morgan fingerprint density at radius 2 is 1.89 bits per heavy atom. The summed E-state index contributed by atoms with van der Waals surface area (Å²) in [4.78, 5) is 12.1. The van der Waals surface area contributed by atoms with Crippen LogP contribution in [0.2, 0.25) is 0 Å². The summed E-state index contributed by atoms with van der Waals surface area (Å²) in [5.74, 6) is 0.348. The first kappa shape index (κ1) is 14.6. The molecule has 3 heteroatoms. The zero-order valence-corrected chi connectivity index (χ0v) is 11.5. The molecule has 100 valence electrons. The van der Waals surface area contributed by atoms with E-state index in [1.165, 1.54) is 0 Å². The lowest BCUT2D eigenvalue weighted by molar-refractivity contribution is -0.120. The predicted molar refractivity (Wildman–Crippen MR) is 74.8 cm³/mol. The second-order valence-electron chi connectivity index (χ2n) is 4.76. The molecule has 0 aliphatic carbocycles. The number of anilines is 1. The molecule has 0 aliphatic heterocycles. The van der Waals surface area contributed by atoms with E-state index in [1.807, 2.05) is 13.0 Å². The van der Waals surface area contributed by atoms with Crippen molar-refractivity contribution >= 4 is 11.6 Å². The van der Waals surface area contributed by atoms with E-state index in [-0.39, 0.29) is 17.6 Å². The van der Waals surface area contributed by atoms with Gasteiger partial charge in [0.05, 0.1) is 0 Å². The fraction of sp³-hybridized carbons (Fsp3) is 0.533. The second kappa shape index (κ2) is 7.04. The number of nitrogens with one attached hydrogen (secondary N) is 1. The van der Waals surface area contributed by atoms with E-state index in [0.29, 0.717) is 5.69 Å². The maximum Gasteiger partial charge on any atom is 0.227 e. The molecule has 1 amide bonds. The number of phenols is 1. The van der Waals surface area contributed by atoms with Crippen molar-refractivity contribution in [2.45, 2.75) is 46.5 Å². The van der Waals surface area contributed by atoms with E-state index in [2.05, 4.69) is 19.2 Å². The van der Waals surface area contributed by atoms with Gasteiger partial charge < -0.3 is 10.4 Å². The molecule has 1 aromatic carbocycles. The zero-order chi connectivity index (χ0) is 13.5. The van der Waals surface area contributed by atoms with Crippen molar-refractivity contribution in [3.05, 3.63) is 23.8 Å². The van der Waals surface area contributed by atoms with Crippen LogP contribution in [-0.4, -0.2) is 11.0 Å². The average molecular weight is 249 g/mol. The summed E-state index contributed by atoms with van der Waals surface area (Å²) >= 11 is 0. The van der Waals surface area contributed by atoms with Crippen molar-refractivity contribution in [2.75, 3.05) is 5.32 Å². The molecule has 0 aliphatic rings. The highest BCUT2D eigenvalue weighted by Gasteiger charge is 2.16. The Bertz CT molecular complexity index is 395. The highest BCUT2D eigenvalue weighted by Crippen LogP contribution is 2.22. The molecule has 0 saturated heterocycles. The largest absolute Gasteiger partial charge is 0.508 e. The molecule has 1 rings (SSSR count). The molecule has 1 aromatic rings. The molecule has 2 N–H and O–H groups in total. The van der Waals surface area contributed by atoms with Crippen molar-refractivity contribution in [1.82, 2.24) is 0 Å². The van der Waals surface area contributed by atoms with Gasteiger partial charge in [0.25, 0.3) is 0 Å². The van der Waals surface area contributed by atoms with Crippen molar-refractivity contribution in [3.8, 4) is 5.75 Å². The maximum absolute atomic E-state index is 12.1. The van der Waals surface area contributed by atoms with Gasteiger partial charge in [-0.25, -0.2) is 0 Å². The molecule has 0 radical (unpaired) electrons. The summed E-state index contributed by atoms with van der Waals surface area (Å²) < 4.78 is 0. The number of hydrogen-bond donors (Lipinski definition) is 2. The van der Waals surface area contributed by atoms with Crippen LogP contribution in [0, 0.1) is 12.8 Å². The van der Waals surface area contributed by atoms with Crippen molar-refractivity contribution in [1.29, 1.82) is 0 Å². The van der Waals surface area contributed by atoms with Crippen LogP contribution >= 0.6 is 0 Å². The Morgan fingerprint density at radius 3 is 2.39 bits per heavy atom. The SMILES string of the molecule is CCCC(CCC)C(=O)Nc1ccc(C)c(O)c1. The third-order valence-electron chi connectivity index (χ3n) is 3.12. The summed E-state index contributed by atoms with van der Waals surface area (Å²) in [7, 11) is 0. The van der Waals surface area contributed by atoms with Gasteiger partial charge in [-0.05, 0) is 31.4 Å². The van der Waals surface area contributed by atoms with Gasteiger partial charge in [0.15, 0.2) is 0 Å². The monoisotopic (exact) mass is 249 g/mol. The highest BCUT2D eigenvalue weighted by molar-refractivity contribution is 5.92. The van der Waals surface area contributed by atoms with E-state index in [9.17, 15) is 9.90 Å². The fourth-order valence-corrected chi connectivity index (χ4v) is 2.03. The second-order valence-corrected chi connectivity index (χ2v) is 4.76. The van der Waals surface area contributed by atoms with Gasteiger partial charge in [0.2, 0.25) is 5.91 Å². The summed E-state index contributed by atoms with van der Waals surface area (Å²) in [6, 6.07) is 5.23. The molecule has 0 bridgehead atoms. The molecule has 0 saturated carbocycles. The quantitative estimate of drug-likeness (QED) is 0.804. The van der Waals surface area contributed by atoms with E-state index >= 15 is 0 Å². The van der Waals surface area contributed by atoms with Crippen LogP contribution in [0.1, 0.15) is 45.1 Å². The molecule has 0 aromatic heterocycles. The Balaban J connectivity index is 2.69. The lowest BCUT2D eigenvalue weighted by atomic mass is 9.97. The third-order valence-corrected chi connectivity index (χ3v) is 3.12. The first-order chi connectivity index (χ1) is 8.58. The number of rotatable bonds is 6. The lowest BCUT2D eigenvalue weighted by Crippen LogP contribution is -2.22. The third kappa shape index (κ3) is 4.06. The topological polar surface area (TPSA) is 49.3 Å². The molecular weight excluding hydrogens is 226 g/mol. The summed E-state index contributed by atoms with van der Waals surface area (Å²) in [5, 5.41) is 12.5. The van der Waals surface area contributed by atoms with E-state index < -0.39 is 0 Å². The predicted octanol–water partition coefficient (Wildman–Crippen LogP) is 3.86. The summed E-state index contributed by atoms with van der Waals surface area (Å²) in [5.41, 5.74) is 1.48. The van der Waals surface area contributed by atoms with Crippen LogP contribution in [0.4, 0.5) is 5.69 Å². The van der Waals surface area contributed by atoms with Gasteiger partial charge in [-0.2, -0.15) is 0 Å². The zero-order valence-electron chi connectivity index (χ0n) is 11.5. The minimum absolute atomic E-state index is 0.0574.